The summed E-state index contributed by atoms with van der Waals surface area (Å²) in [6.45, 7) is 1.70. The molecule has 8 nitrogen and oxygen atoms in total. The van der Waals surface area contributed by atoms with Crippen molar-refractivity contribution in [1.82, 2.24) is 29.8 Å². The highest BCUT2D eigenvalue weighted by Gasteiger charge is 2.31. The van der Waals surface area contributed by atoms with E-state index in [0.717, 1.165) is 12.3 Å². The van der Waals surface area contributed by atoms with Crippen molar-refractivity contribution in [1.29, 1.82) is 0 Å². The number of nitrogen functional groups attached to an aromatic ring is 1. The first kappa shape index (κ1) is 16.1. The normalized spacial score (nSPS) is 12.2. The highest BCUT2D eigenvalue weighted by molar-refractivity contribution is 5.78. The Hall–Kier alpha value is -3.37. The molecular weight excluding hydrogens is 351 g/mol. The number of fused-ring (bicyclic) bond motifs is 2. The minimum absolute atomic E-state index is 0.0281. The quantitative estimate of drug-likeness (QED) is 0.579. The molecule has 0 fully saturated rings. The Bertz CT molecular complexity index is 1120. The van der Waals surface area contributed by atoms with Crippen LogP contribution < -0.4 is 10.5 Å². The zero-order valence-electron chi connectivity index (χ0n) is 13.4. The van der Waals surface area contributed by atoms with Gasteiger partial charge < -0.3 is 14.9 Å². The van der Waals surface area contributed by atoms with Gasteiger partial charge in [-0.1, -0.05) is 5.21 Å². The molecular formula is C15H12F3N7O. The fourth-order valence-corrected chi connectivity index (χ4v) is 2.60. The minimum Gasteiger partial charge on any atom is -0.485 e. The summed E-state index contributed by atoms with van der Waals surface area (Å²) in [5.74, 6) is 0.578. The van der Waals surface area contributed by atoms with E-state index in [9.17, 15) is 13.2 Å². The molecule has 134 valence electrons. The molecule has 4 heterocycles. The van der Waals surface area contributed by atoms with E-state index in [2.05, 4.69) is 25.4 Å². The van der Waals surface area contributed by atoms with Crippen LogP contribution in [0.4, 0.5) is 19.0 Å². The molecule has 0 saturated carbocycles. The number of nitrogens with one attached hydrogen (secondary N) is 1. The topological polar surface area (TPSA) is 107 Å². The van der Waals surface area contributed by atoms with Crippen molar-refractivity contribution in [2.45, 2.75) is 19.7 Å². The predicted molar refractivity (Wildman–Crippen MR) is 85.4 cm³/mol. The molecule has 3 N–H and O–H groups in total. The average Bonchev–Trinajstić information content (AvgIpc) is 3.16. The van der Waals surface area contributed by atoms with E-state index in [0.29, 0.717) is 33.9 Å². The van der Waals surface area contributed by atoms with Gasteiger partial charge in [0, 0.05) is 18.0 Å². The Morgan fingerprint density at radius 3 is 2.85 bits per heavy atom. The third kappa shape index (κ3) is 2.66. The third-order valence-corrected chi connectivity index (χ3v) is 3.93. The summed E-state index contributed by atoms with van der Waals surface area (Å²) >= 11 is 0. The molecule has 0 aliphatic rings. The summed E-state index contributed by atoms with van der Waals surface area (Å²) in [5, 5.41) is 10.1. The van der Waals surface area contributed by atoms with Gasteiger partial charge in [-0.05, 0) is 19.1 Å². The number of H-pyrrole nitrogens is 1. The number of anilines is 1. The van der Waals surface area contributed by atoms with Crippen LogP contribution in [-0.2, 0) is 12.8 Å². The summed E-state index contributed by atoms with van der Waals surface area (Å²) < 4.78 is 45.8. The summed E-state index contributed by atoms with van der Waals surface area (Å²) in [7, 11) is 0. The van der Waals surface area contributed by atoms with Crippen molar-refractivity contribution >= 4 is 22.6 Å². The maximum atomic E-state index is 12.9. The Labute approximate surface area is 143 Å². The van der Waals surface area contributed by atoms with Crippen molar-refractivity contribution in [3.8, 4) is 5.75 Å². The first-order valence-electron chi connectivity index (χ1n) is 7.48. The number of hydrogen-bond acceptors (Lipinski definition) is 6. The van der Waals surface area contributed by atoms with Crippen LogP contribution in [0.2, 0.25) is 0 Å². The number of nitrogens with two attached hydrogens (primary N) is 1. The van der Waals surface area contributed by atoms with Crippen LogP contribution in [0.15, 0.2) is 24.4 Å². The smallest absolute Gasteiger partial charge is 0.417 e. The average molecular weight is 363 g/mol. The number of ether oxygens (including phenoxy) is 1. The van der Waals surface area contributed by atoms with Gasteiger partial charge in [-0.15, -0.1) is 5.10 Å². The van der Waals surface area contributed by atoms with E-state index < -0.39 is 11.7 Å². The fraction of sp³-hybridized carbons (Fsp3) is 0.200. The predicted octanol–water partition coefficient (Wildman–Crippen LogP) is 2.49. The lowest BCUT2D eigenvalue weighted by Gasteiger charge is -2.07. The summed E-state index contributed by atoms with van der Waals surface area (Å²) in [6, 6.07) is 3.81. The van der Waals surface area contributed by atoms with Crippen LogP contribution >= 0.6 is 0 Å². The number of halogens is 3. The van der Waals surface area contributed by atoms with Gasteiger partial charge in [0.15, 0.2) is 16.9 Å². The maximum Gasteiger partial charge on any atom is 0.417 e. The monoisotopic (exact) mass is 363 g/mol. The SMILES string of the molecule is Cc1c(COc2cc(N)nc3[nH]nnc23)nc2ccc(C(F)(F)F)cn12. The van der Waals surface area contributed by atoms with Crippen LogP contribution in [0.5, 0.6) is 5.75 Å². The molecule has 0 spiro atoms. The second-order valence-corrected chi connectivity index (χ2v) is 5.63. The first-order valence-corrected chi connectivity index (χ1v) is 7.48. The largest absolute Gasteiger partial charge is 0.485 e. The Balaban J connectivity index is 1.67. The van der Waals surface area contributed by atoms with Gasteiger partial charge in [0.05, 0.1) is 11.3 Å². The van der Waals surface area contributed by atoms with Crippen molar-refractivity contribution in [3.05, 3.63) is 41.3 Å². The third-order valence-electron chi connectivity index (χ3n) is 3.93. The number of hydrogen-bond donors (Lipinski definition) is 2. The molecule has 0 aliphatic heterocycles. The van der Waals surface area contributed by atoms with Gasteiger partial charge in [-0.2, -0.15) is 13.2 Å². The van der Waals surface area contributed by atoms with E-state index in [1.165, 1.54) is 16.5 Å². The van der Waals surface area contributed by atoms with Crippen LogP contribution in [0.25, 0.3) is 16.8 Å². The van der Waals surface area contributed by atoms with Gasteiger partial charge in [0.25, 0.3) is 0 Å². The van der Waals surface area contributed by atoms with E-state index in [4.69, 9.17) is 10.5 Å². The van der Waals surface area contributed by atoms with Crippen molar-refractivity contribution in [2.75, 3.05) is 5.73 Å². The molecule has 4 rings (SSSR count). The van der Waals surface area contributed by atoms with Gasteiger partial charge in [-0.25, -0.2) is 15.1 Å². The number of aromatic nitrogens is 6. The molecule has 0 bridgehead atoms. The summed E-state index contributed by atoms with van der Waals surface area (Å²) in [6.07, 6.45) is -3.41. The second-order valence-electron chi connectivity index (χ2n) is 5.63. The Kier molecular flexibility index (Phi) is 3.46. The fourth-order valence-electron chi connectivity index (χ4n) is 2.60. The van der Waals surface area contributed by atoms with Crippen molar-refractivity contribution < 1.29 is 17.9 Å². The van der Waals surface area contributed by atoms with Crippen molar-refractivity contribution in [2.24, 2.45) is 0 Å². The zero-order valence-corrected chi connectivity index (χ0v) is 13.4. The van der Waals surface area contributed by atoms with E-state index in [1.807, 2.05) is 0 Å². The van der Waals surface area contributed by atoms with Crippen LogP contribution in [0.3, 0.4) is 0 Å². The molecule has 4 aromatic heterocycles. The van der Waals surface area contributed by atoms with E-state index >= 15 is 0 Å². The molecule has 26 heavy (non-hydrogen) atoms. The molecule has 4 aromatic rings. The Morgan fingerprint density at radius 2 is 2.08 bits per heavy atom. The number of aromatic amines is 1. The number of aryl methyl sites for hydroxylation is 1. The molecule has 0 unspecified atom stereocenters. The van der Waals surface area contributed by atoms with E-state index in [-0.39, 0.29) is 12.4 Å². The number of nitrogens with zero attached hydrogens (tertiary/aromatic N) is 5. The summed E-state index contributed by atoms with van der Waals surface area (Å²) in [4.78, 5) is 8.35. The maximum absolute atomic E-state index is 12.9. The lowest BCUT2D eigenvalue weighted by molar-refractivity contribution is -0.137. The van der Waals surface area contributed by atoms with E-state index in [1.54, 1.807) is 6.92 Å². The van der Waals surface area contributed by atoms with Gasteiger partial charge in [0.2, 0.25) is 0 Å². The van der Waals surface area contributed by atoms with Gasteiger partial charge in [0.1, 0.15) is 18.1 Å². The second kappa shape index (κ2) is 5.58. The van der Waals surface area contributed by atoms with Crippen LogP contribution in [0.1, 0.15) is 17.0 Å². The number of imidazole rings is 1. The van der Waals surface area contributed by atoms with Crippen LogP contribution in [0, 0.1) is 6.92 Å². The highest BCUT2D eigenvalue weighted by atomic mass is 19.4. The van der Waals surface area contributed by atoms with Crippen molar-refractivity contribution in [3.63, 3.8) is 0 Å². The molecule has 0 atom stereocenters. The molecule has 0 saturated heterocycles. The number of rotatable bonds is 3. The zero-order chi connectivity index (χ0) is 18.5. The molecule has 0 amide bonds. The highest BCUT2D eigenvalue weighted by Crippen LogP contribution is 2.30. The number of pyridine rings is 2. The Morgan fingerprint density at radius 1 is 1.27 bits per heavy atom. The first-order chi connectivity index (χ1) is 12.3. The van der Waals surface area contributed by atoms with Gasteiger partial charge in [-0.3, -0.25) is 0 Å². The standard InChI is InChI=1S/C15H12F3N7O/c1-7-9(20-12-3-2-8(5-25(7)12)15(16,17)18)6-26-10-4-11(19)21-14-13(10)22-24-23-14/h2-5H,6H2,1H3,(H3,19,21,22,23,24). The molecule has 0 aromatic carbocycles. The molecule has 11 heteroatoms. The lowest BCUT2D eigenvalue weighted by atomic mass is 10.3. The lowest BCUT2D eigenvalue weighted by Crippen LogP contribution is -2.06. The minimum atomic E-state index is -4.42. The summed E-state index contributed by atoms with van der Waals surface area (Å²) in [5.41, 5.74) is 7.18. The molecule has 0 aliphatic carbocycles. The number of alkyl halides is 3. The molecule has 0 radical (unpaired) electrons. The van der Waals surface area contributed by atoms with Crippen LogP contribution in [-0.4, -0.2) is 29.8 Å². The van der Waals surface area contributed by atoms with Gasteiger partial charge >= 0.3 is 6.18 Å².